The number of para-hydroxylation sites is 2. The number of imidazole rings is 1. The van der Waals surface area contributed by atoms with Gasteiger partial charge in [-0.2, -0.15) is 13.2 Å². The molecule has 1 aliphatic rings. The van der Waals surface area contributed by atoms with Gasteiger partial charge in [-0.05, 0) is 44.5 Å². The minimum atomic E-state index is -4.38. The fourth-order valence-electron chi connectivity index (χ4n) is 3.67. The van der Waals surface area contributed by atoms with Gasteiger partial charge >= 0.3 is 6.18 Å². The number of hydrogen-bond acceptors (Lipinski definition) is 4. The first-order valence-corrected chi connectivity index (χ1v) is 10.6. The number of halogens is 3. The van der Waals surface area contributed by atoms with Crippen molar-refractivity contribution in [2.24, 2.45) is 5.92 Å². The molecule has 2 heterocycles. The zero-order chi connectivity index (χ0) is 21.5. The minimum Gasteiger partial charge on any atom is -0.475 e. The van der Waals surface area contributed by atoms with Gasteiger partial charge in [0, 0.05) is 23.3 Å². The number of nitrogens with one attached hydrogen (secondary N) is 1. The van der Waals surface area contributed by atoms with E-state index in [2.05, 4.69) is 16.8 Å². The number of fused-ring (bicyclic) bond motifs is 1. The van der Waals surface area contributed by atoms with E-state index in [1.165, 1.54) is 6.07 Å². The van der Waals surface area contributed by atoms with Crippen molar-refractivity contribution in [1.82, 2.24) is 14.9 Å². The number of aromatic nitrogens is 2. The Morgan fingerprint density at radius 2 is 2.10 bits per heavy atom. The van der Waals surface area contributed by atoms with E-state index in [0.717, 1.165) is 46.0 Å². The summed E-state index contributed by atoms with van der Waals surface area (Å²) in [5, 5.41) is 3.16. The van der Waals surface area contributed by atoms with Crippen LogP contribution in [0, 0.1) is 5.92 Å². The summed E-state index contributed by atoms with van der Waals surface area (Å²) in [7, 11) is 0. The molecule has 0 radical (unpaired) electrons. The fourth-order valence-corrected chi connectivity index (χ4v) is 4.53. The molecule has 0 spiro atoms. The fraction of sp³-hybridized carbons (Fsp3) is 0.429. The van der Waals surface area contributed by atoms with Crippen molar-refractivity contribution in [2.75, 3.05) is 6.61 Å². The number of hydrogen-bond donors (Lipinski definition) is 1. The van der Waals surface area contributed by atoms with Gasteiger partial charge in [-0.1, -0.05) is 12.1 Å². The molecule has 1 amide bonds. The summed E-state index contributed by atoms with van der Waals surface area (Å²) >= 11 is 1.11. The zero-order valence-corrected chi connectivity index (χ0v) is 17.4. The van der Waals surface area contributed by atoms with Crippen LogP contribution in [0.5, 0.6) is 5.06 Å². The predicted octanol–water partition coefficient (Wildman–Crippen LogP) is 5.04. The third-order valence-corrected chi connectivity index (χ3v) is 6.41. The molecule has 0 bridgehead atoms. The van der Waals surface area contributed by atoms with Crippen molar-refractivity contribution in [3.05, 3.63) is 47.1 Å². The number of aryl methyl sites for hydroxylation is 1. The van der Waals surface area contributed by atoms with Crippen molar-refractivity contribution >= 4 is 28.3 Å². The summed E-state index contributed by atoms with van der Waals surface area (Å²) in [6, 6.07) is 10.8. The highest BCUT2D eigenvalue weighted by Crippen LogP contribution is 2.48. The van der Waals surface area contributed by atoms with Gasteiger partial charge in [-0.3, -0.25) is 4.79 Å². The van der Waals surface area contributed by atoms with E-state index in [1.807, 2.05) is 31.2 Å². The molecule has 1 saturated carbocycles. The number of ether oxygens (including phenoxy) is 1. The van der Waals surface area contributed by atoms with Crippen LogP contribution in [-0.2, 0) is 11.3 Å². The van der Waals surface area contributed by atoms with E-state index in [0.29, 0.717) is 0 Å². The third-order valence-electron chi connectivity index (χ3n) is 5.22. The van der Waals surface area contributed by atoms with Gasteiger partial charge in [0.1, 0.15) is 5.82 Å². The maximum absolute atomic E-state index is 12.7. The molecule has 9 heteroatoms. The second-order valence-corrected chi connectivity index (χ2v) is 8.52. The van der Waals surface area contributed by atoms with Crippen LogP contribution in [0.25, 0.3) is 11.0 Å². The molecule has 0 unspecified atom stereocenters. The van der Waals surface area contributed by atoms with Crippen molar-refractivity contribution in [1.29, 1.82) is 0 Å². The maximum atomic E-state index is 12.7. The largest absolute Gasteiger partial charge is 0.475 e. The standard InChI is InChI=1S/C21H22F3N3O2S/c1-3-27-16-7-5-4-6-15(16)26-19(27)13-10-14(13)20(28)25-12(2)17-8-9-18(30-17)29-11-21(22,23)24/h4-9,12-14H,3,10-11H2,1-2H3,(H,25,28)/t12-,13+,14+/m1/s1. The topological polar surface area (TPSA) is 56.2 Å². The molecule has 160 valence electrons. The van der Waals surface area contributed by atoms with Gasteiger partial charge < -0.3 is 14.6 Å². The van der Waals surface area contributed by atoms with E-state index < -0.39 is 12.8 Å². The molecule has 2 aromatic heterocycles. The van der Waals surface area contributed by atoms with E-state index in [4.69, 9.17) is 9.72 Å². The lowest BCUT2D eigenvalue weighted by Gasteiger charge is -2.12. The van der Waals surface area contributed by atoms with Gasteiger partial charge in [0.25, 0.3) is 0 Å². The Balaban J connectivity index is 1.38. The number of alkyl halides is 3. The number of nitrogens with zero attached hydrogens (tertiary/aromatic N) is 2. The van der Waals surface area contributed by atoms with Crippen molar-refractivity contribution in [3.8, 4) is 5.06 Å². The lowest BCUT2D eigenvalue weighted by molar-refractivity contribution is -0.152. The number of carbonyl (C=O) groups excluding carboxylic acids is 1. The SMILES string of the molecule is CCn1c([C@H]2C[C@@H]2C(=O)N[C@H](C)c2ccc(OCC(F)(F)F)s2)nc2ccccc21. The molecule has 1 aliphatic carbocycles. The Morgan fingerprint density at radius 1 is 1.33 bits per heavy atom. The highest BCUT2D eigenvalue weighted by Gasteiger charge is 2.47. The molecule has 3 atom stereocenters. The first kappa shape index (κ1) is 20.7. The van der Waals surface area contributed by atoms with Crippen LogP contribution in [-0.4, -0.2) is 28.2 Å². The predicted molar refractivity (Wildman–Crippen MR) is 109 cm³/mol. The lowest BCUT2D eigenvalue weighted by Crippen LogP contribution is -2.28. The summed E-state index contributed by atoms with van der Waals surface area (Å²) in [6.45, 7) is 3.34. The van der Waals surface area contributed by atoms with Gasteiger partial charge in [0.2, 0.25) is 5.91 Å². The first-order valence-electron chi connectivity index (χ1n) is 9.81. The second-order valence-electron chi connectivity index (χ2n) is 7.44. The monoisotopic (exact) mass is 437 g/mol. The smallest absolute Gasteiger partial charge is 0.422 e. The van der Waals surface area contributed by atoms with Crippen LogP contribution in [0.3, 0.4) is 0 Å². The molecule has 3 aromatic rings. The van der Waals surface area contributed by atoms with E-state index in [1.54, 1.807) is 6.07 Å². The Bertz CT molecular complexity index is 1060. The van der Waals surface area contributed by atoms with Gasteiger partial charge in [-0.15, -0.1) is 11.3 Å². The molecule has 1 N–H and O–H groups in total. The van der Waals surface area contributed by atoms with Crippen LogP contribution in [0.1, 0.15) is 42.9 Å². The number of rotatable bonds is 7. The van der Waals surface area contributed by atoms with Crippen molar-refractivity contribution < 1.29 is 22.7 Å². The number of amides is 1. The van der Waals surface area contributed by atoms with E-state index >= 15 is 0 Å². The van der Waals surface area contributed by atoms with Crippen LogP contribution in [0.4, 0.5) is 13.2 Å². The minimum absolute atomic E-state index is 0.0617. The molecule has 0 saturated heterocycles. The molecular weight excluding hydrogens is 415 g/mol. The number of benzene rings is 1. The van der Waals surface area contributed by atoms with Crippen LogP contribution < -0.4 is 10.1 Å². The molecule has 0 aliphatic heterocycles. The maximum Gasteiger partial charge on any atom is 0.422 e. The van der Waals surface area contributed by atoms with Gasteiger partial charge in [0.05, 0.1) is 17.1 Å². The summed E-state index contributed by atoms with van der Waals surface area (Å²) in [6.07, 6.45) is -3.63. The van der Waals surface area contributed by atoms with Crippen molar-refractivity contribution in [3.63, 3.8) is 0 Å². The molecule has 4 rings (SSSR count). The molecule has 1 aromatic carbocycles. The van der Waals surface area contributed by atoms with Crippen LogP contribution in [0.2, 0.25) is 0 Å². The molecular formula is C21H22F3N3O2S. The lowest BCUT2D eigenvalue weighted by atomic mass is 10.2. The average molecular weight is 437 g/mol. The highest BCUT2D eigenvalue weighted by atomic mass is 32.1. The summed E-state index contributed by atoms with van der Waals surface area (Å²) in [5.41, 5.74) is 2.00. The average Bonchev–Trinajstić information content (AvgIpc) is 3.19. The van der Waals surface area contributed by atoms with Gasteiger partial charge in [0.15, 0.2) is 11.7 Å². The Labute approximate surface area is 175 Å². The van der Waals surface area contributed by atoms with Crippen molar-refractivity contribution in [2.45, 2.75) is 44.9 Å². The van der Waals surface area contributed by atoms with E-state index in [9.17, 15) is 18.0 Å². The Morgan fingerprint density at radius 3 is 2.83 bits per heavy atom. The number of carbonyl (C=O) groups is 1. The summed E-state index contributed by atoms with van der Waals surface area (Å²) in [4.78, 5) is 18.2. The number of thiophene rings is 1. The van der Waals surface area contributed by atoms with Gasteiger partial charge in [-0.25, -0.2) is 4.98 Å². The zero-order valence-electron chi connectivity index (χ0n) is 16.6. The summed E-state index contributed by atoms with van der Waals surface area (Å²) < 4.78 is 43.8. The first-order chi connectivity index (χ1) is 14.3. The normalized spacial score (nSPS) is 19.6. The third kappa shape index (κ3) is 4.30. The molecule has 1 fully saturated rings. The summed E-state index contributed by atoms with van der Waals surface area (Å²) in [5.74, 6) is 0.813. The van der Waals surface area contributed by atoms with Crippen LogP contribution in [0.15, 0.2) is 36.4 Å². The van der Waals surface area contributed by atoms with E-state index in [-0.39, 0.29) is 28.8 Å². The molecule has 30 heavy (non-hydrogen) atoms. The molecule has 5 nitrogen and oxygen atoms in total. The second kappa shape index (κ2) is 7.94. The Hall–Kier alpha value is -2.55. The Kier molecular flexibility index (Phi) is 5.48. The highest BCUT2D eigenvalue weighted by molar-refractivity contribution is 7.13. The quantitative estimate of drug-likeness (QED) is 0.563. The van der Waals surface area contributed by atoms with Crippen LogP contribution >= 0.6 is 11.3 Å².